The lowest BCUT2D eigenvalue weighted by Gasteiger charge is -2.23. The van der Waals surface area contributed by atoms with Gasteiger partial charge in [0, 0.05) is 55.9 Å². The van der Waals surface area contributed by atoms with Crippen LogP contribution >= 0.6 is 36.7 Å². The Kier molecular flexibility index (Phi) is 14.3. The second-order valence-corrected chi connectivity index (χ2v) is 11.1. The molecule has 0 unspecified atom stereocenters. The molecular formula is C32H41N7OS3. The van der Waals surface area contributed by atoms with Crippen molar-refractivity contribution in [1.82, 2.24) is 20.9 Å². The number of nitrogens with one attached hydrogen (secondary N) is 6. The molecule has 0 bridgehead atoms. The number of nitrogens with zero attached hydrogens (tertiary/aromatic N) is 1. The average Bonchev–Trinajstić information content (AvgIpc) is 3.02. The standard InChI is InChI=1S/C32H41N7OS3/c1-4-23-6-12-26(13-7-23)37-31(42)34-18-20-39(21-19-35-32(43)38-27-14-8-24(5-2)9-15-27)22-29(40)25-10-16-28(17-11-25)36-30(41)33-3/h6-17H,4-5,18-22H2,1-3H3,(H2,33,36,41)(H2,34,37,42)(H2,35,38,43). The van der Waals surface area contributed by atoms with Gasteiger partial charge in [0.1, 0.15) is 0 Å². The molecule has 0 saturated heterocycles. The van der Waals surface area contributed by atoms with Gasteiger partial charge in [0.15, 0.2) is 21.1 Å². The molecule has 3 aromatic rings. The minimum absolute atomic E-state index is 0.0242. The summed E-state index contributed by atoms with van der Waals surface area (Å²) in [5.74, 6) is 0.0242. The lowest BCUT2D eigenvalue weighted by atomic mass is 10.1. The third-order valence-electron chi connectivity index (χ3n) is 6.73. The van der Waals surface area contributed by atoms with Gasteiger partial charge in [0.2, 0.25) is 0 Å². The third-order valence-corrected chi connectivity index (χ3v) is 7.53. The molecule has 0 aliphatic heterocycles. The van der Waals surface area contributed by atoms with E-state index in [1.165, 1.54) is 11.1 Å². The highest BCUT2D eigenvalue weighted by Gasteiger charge is 2.14. The molecule has 3 aromatic carbocycles. The van der Waals surface area contributed by atoms with Crippen LogP contribution in [-0.2, 0) is 12.8 Å². The van der Waals surface area contributed by atoms with Gasteiger partial charge in [-0.05, 0) is 109 Å². The van der Waals surface area contributed by atoms with Crippen LogP contribution in [0.2, 0.25) is 0 Å². The highest BCUT2D eigenvalue weighted by atomic mass is 32.1. The minimum Gasteiger partial charge on any atom is -0.366 e. The Bertz CT molecular complexity index is 1280. The number of anilines is 3. The normalized spacial score (nSPS) is 10.5. The molecule has 3 rings (SSSR count). The molecule has 6 N–H and O–H groups in total. The predicted molar refractivity (Wildman–Crippen MR) is 193 cm³/mol. The van der Waals surface area contributed by atoms with Crippen LogP contribution in [0.25, 0.3) is 0 Å². The summed E-state index contributed by atoms with van der Waals surface area (Å²) >= 11 is 16.2. The first kappa shape index (κ1) is 33.9. The molecular weight excluding hydrogens is 595 g/mol. The zero-order valence-corrected chi connectivity index (χ0v) is 27.4. The van der Waals surface area contributed by atoms with E-state index in [0.29, 0.717) is 47.1 Å². The maximum absolute atomic E-state index is 13.2. The summed E-state index contributed by atoms with van der Waals surface area (Å²) in [6, 6.07) is 23.7. The SMILES string of the molecule is CCc1ccc(NC(=S)NCCN(CCNC(=S)Nc2ccc(CC)cc2)CC(=O)c2ccc(NC(=S)NC)cc2)cc1. The van der Waals surface area contributed by atoms with E-state index in [0.717, 1.165) is 29.9 Å². The molecule has 0 amide bonds. The van der Waals surface area contributed by atoms with Crippen molar-refractivity contribution in [3.8, 4) is 0 Å². The number of benzene rings is 3. The number of rotatable bonds is 14. The average molecular weight is 636 g/mol. The Morgan fingerprint density at radius 3 is 1.42 bits per heavy atom. The van der Waals surface area contributed by atoms with Gasteiger partial charge >= 0.3 is 0 Å². The Balaban J connectivity index is 1.54. The highest BCUT2D eigenvalue weighted by Crippen LogP contribution is 2.12. The summed E-state index contributed by atoms with van der Waals surface area (Å²) in [7, 11) is 1.75. The lowest BCUT2D eigenvalue weighted by Crippen LogP contribution is -2.43. The monoisotopic (exact) mass is 635 g/mol. The van der Waals surface area contributed by atoms with Gasteiger partial charge in [-0.2, -0.15) is 0 Å². The maximum Gasteiger partial charge on any atom is 0.176 e. The van der Waals surface area contributed by atoms with E-state index in [4.69, 9.17) is 36.7 Å². The molecule has 0 aromatic heterocycles. The first-order valence-corrected chi connectivity index (χ1v) is 15.6. The minimum atomic E-state index is 0.0242. The fraction of sp³-hybridized carbons (Fsp3) is 0.312. The molecule has 0 aliphatic rings. The van der Waals surface area contributed by atoms with Gasteiger partial charge in [-0.15, -0.1) is 0 Å². The van der Waals surface area contributed by atoms with Crippen LogP contribution in [0.5, 0.6) is 0 Å². The van der Waals surface area contributed by atoms with E-state index in [1.807, 2.05) is 48.5 Å². The number of hydrogen-bond acceptors (Lipinski definition) is 5. The molecule has 0 atom stereocenters. The van der Waals surface area contributed by atoms with Crippen LogP contribution in [0.3, 0.4) is 0 Å². The van der Waals surface area contributed by atoms with Crippen molar-refractivity contribution in [3.63, 3.8) is 0 Å². The van der Waals surface area contributed by atoms with E-state index in [2.05, 4.69) is 74.9 Å². The predicted octanol–water partition coefficient (Wildman–Crippen LogP) is 5.19. The van der Waals surface area contributed by atoms with Crippen molar-refractivity contribution in [2.45, 2.75) is 26.7 Å². The molecule has 8 nitrogen and oxygen atoms in total. The van der Waals surface area contributed by atoms with Crippen LogP contribution in [0.4, 0.5) is 17.1 Å². The van der Waals surface area contributed by atoms with E-state index in [9.17, 15) is 4.79 Å². The summed E-state index contributed by atoms with van der Waals surface area (Å²) in [5, 5.41) is 20.5. The van der Waals surface area contributed by atoms with Gasteiger partial charge < -0.3 is 31.9 Å². The van der Waals surface area contributed by atoms with Crippen molar-refractivity contribution in [2.24, 2.45) is 0 Å². The van der Waals surface area contributed by atoms with E-state index in [1.54, 1.807) is 7.05 Å². The van der Waals surface area contributed by atoms with Crippen molar-refractivity contribution in [2.75, 3.05) is 55.7 Å². The molecule has 0 spiro atoms. The van der Waals surface area contributed by atoms with Crippen LogP contribution in [0.1, 0.15) is 35.3 Å². The van der Waals surface area contributed by atoms with Gasteiger partial charge in [-0.25, -0.2) is 0 Å². The highest BCUT2D eigenvalue weighted by molar-refractivity contribution is 7.80. The summed E-state index contributed by atoms with van der Waals surface area (Å²) in [6.45, 7) is 6.87. The van der Waals surface area contributed by atoms with E-state index < -0.39 is 0 Å². The Morgan fingerprint density at radius 1 is 0.628 bits per heavy atom. The quantitative estimate of drug-likeness (QED) is 0.105. The van der Waals surface area contributed by atoms with E-state index >= 15 is 0 Å². The number of Topliss-reactive ketones (excluding diaryl/α,β-unsaturated/α-hetero) is 1. The number of hydrogen-bond donors (Lipinski definition) is 6. The molecule has 0 fully saturated rings. The first-order chi connectivity index (χ1) is 20.8. The molecule has 0 saturated carbocycles. The number of carbonyl (C=O) groups excluding carboxylic acids is 1. The fourth-order valence-corrected chi connectivity index (χ4v) is 4.71. The fourth-order valence-electron chi connectivity index (χ4n) is 4.15. The molecule has 228 valence electrons. The first-order valence-electron chi connectivity index (χ1n) is 14.4. The van der Waals surface area contributed by atoms with Crippen molar-refractivity contribution in [3.05, 3.63) is 89.5 Å². The van der Waals surface area contributed by atoms with Crippen LogP contribution in [0.15, 0.2) is 72.8 Å². The zero-order chi connectivity index (χ0) is 31.0. The Hall–Kier alpha value is -3.64. The maximum atomic E-state index is 13.2. The van der Waals surface area contributed by atoms with Crippen LogP contribution in [0, 0.1) is 0 Å². The van der Waals surface area contributed by atoms with Crippen molar-refractivity contribution < 1.29 is 4.79 Å². The Morgan fingerprint density at radius 2 is 1.02 bits per heavy atom. The smallest absolute Gasteiger partial charge is 0.176 e. The summed E-state index contributed by atoms with van der Waals surface area (Å²) in [6.07, 6.45) is 1.98. The molecule has 0 heterocycles. The van der Waals surface area contributed by atoms with Gasteiger partial charge in [-0.1, -0.05) is 38.1 Å². The zero-order valence-electron chi connectivity index (χ0n) is 25.0. The topological polar surface area (TPSA) is 92.5 Å². The third kappa shape index (κ3) is 12.2. The van der Waals surface area contributed by atoms with Gasteiger partial charge in [-0.3, -0.25) is 9.69 Å². The summed E-state index contributed by atoms with van der Waals surface area (Å²) < 4.78 is 0. The number of aryl methyl sites for hydroxylation is 2. The van der Waals surface area contributed by atoms with Crippen molar-refractivity contribution >= 4 is 74.8 Å². The number of carbonyl (C=O) groups is 1. The van der Waals surface area contributed by atoms with Gasteiger partial charge in [0.25, 0.3) is 0 Å². The second kappa shape index (κ2) is 18.1. The molecule has 0 aliphatic carbocycles. The van der Waals surface area contributed by atoms with Crippen LogP contribution < -0.4 is 31.9 Å². The van der Waals surface area contributed by atoms with Gasteiger partial charge in [0.05, 0.1) is 6.54 Å². The molecule has 43 heavy (non-hydrogen) atoms. The second-order valence-electron chi connectivity index (χ2n) is 9.84. The molecule has 11 heteroatoms. The summed E-state index contributed by atoms with van der Waals surface area (Å²) in [5.41, 5.74) is 5.86. The Labute approximate surface area is 271 Å². The largest absolute Gasteiger partial charge is 0.366 e. The van der Waals surface area contributed by atoms with E-state index in [-0.39, 0.29) is 12.3 Å². The van der Waals surface area contributed by atoms with Crippen molar-refractivity contribution in [1.29, 1.82) is 0 Å². The van der Waals surface area contributed by atoms with Crippen LogP contribution in [-0.4, -0.2) is 65.8 Å². The summed E-state index contributed by atoms with van der Waals surface area (Å²) in [4.78, 5) is 15.3. The molecule has 0 radical (unpaired) electrons. The lowest BCUT2D eigenvalue weighted by molar-refractivity contribution is 0.0933. The number of ketones is 1. The number of thiocarbonyl (C=S) groups is 3.